The number of amides is 1. The number of hydrogen-bond donors (Lipinski definition) is 1. The number of nitrogens with one attached hydrogen (secondary N) is 1. The Balaban J connectivity index is 1.76. The fourth-order valence-electron chi connectivity index (χ4n) is 2.03. The Morgan fingerprint density at radius 3 is 2.74 bits per heavy atom. The van der Waals surface area contributed by atoms with Gasteiger partial charge in [0, 0.05) is 6.54 Å². The highest BCUT2D eigenvalue weighted by molar-refractivity contribution is 5.67. The highest BCUT2D eigenvalue weighted by Gasteiger charge is 2.00. The molecule has 0 saturated carbocycles. The number of carbonyl (C=O) groups is 1. The minimum atomic E-state index is -0.449. The molecular weight excluding hydrogens is 288 g/mol. The highest BCUT2D eigenvalue weighted by atomic mass is 16.5. The van der Waals surface area contributed by atoms with Crippen LogP contribution in [0.1, 0.15) is 22.3 Å². The molecule has 2 rings (SSSR count). The summed E-state index contributed by atoms with van der Waals surface area (Å²) in [6, 6.07) is 17.1. The number of nitriles is 1. The normalized spacial score (nSPS) is 10.3. The molecule has 0 unspecified atom stereocenters. The third-order valence-electron chi connectivity index (χ3n) is 3.27. The highest BCUT2D eigenvalue weighted by Crippen LogP contribution is 2.12. The molecule has 1 N–H and O–H groups in total. The molecule has 0 aliphatic rings. The van der Waals surface area contributed by atoms with E-state index in [0.29, 0.717) is 12.1 Å². The largest absolute Gasteiger partial charge is 0.445 e. The molecule has 0 atom stereocenters. The van der Waals surface area contributed by atoms with Gasteiger partial charge in [0.1, 0.15) is 6.61 Å². The van der Waals surface area contributed by atoms with Crippen LogP contribution in [0.15, 0.2) is 54.6 Å². The summed E-state index contributed by atoms with van der Waals surface area (Å²) in [6.07, 6.45) is 3.31. The standard InChI is InChI=1S/C19H18N2O2/c1-15-12-17(13-20)9-10-18(15)8-5-11-21-19(22)23-14-16-6-3-2-4-7-16/h2-10,12H,11,14H2,1H3,(H,21,22). The lowest BCUT2D eigenvalue weighted by Crippen LogP contribution is -2.24. The first-order valence-electron chi connectivity index (χ1n) is 7.31. The van der Waals surface area contributed by atoms with Crippen LogP contribution in [0.4, 0.5) is 4.79 Å². The molecule has 0 aliphatic carbocycles. The maximum atomic E-state index is 11.6. The molecular formula is C19H18N2O2. The predicted molar refractivity (Wildman–Crippen MR) is 89.6 cm³/mol. The molecule has 4 heteroatoms. The Morgan fingerprint density at radius 2 is 2.04 bits per heavy atom. The number of benzene rings is 2. The number of aryl methyl sites for hydroxylation is 1. The van der Waals surface area contributed by atoms with Crippen molar-refractivity contribution < 1.29 is 9.53 Å². The maximum absolute atomic E-state index is 11.6. The molecule has 1 amide bonds. The number of ether oxygens (including phenoxy) is 1. The van der Waals surface area contributed by atoms with Crippen molar-refractivity contribution in [3.8, 4) is 6.07 Å². The average molecular weight is 306 g/mol. The van der Waals surface area contributed by atoms with Gasteiger partial charge in [0.05, 0.1) is 11.6 Å². The Bertz CT molecular complexity index is 731. The fraction of sp³-hybridized carbons (Fsp3) is 0.158. The van der Waals surface area contributed by atoms with Gasteiger partial charge in [0.15, 0.2) is 0 Å². The van der Waals surface area contributed by atoms with E-state index < -0.39 is 6.09 Å². The summed E-state index contributed by atoms with van der Waals surface area (Å²) < 4.78 is 5.11. The van der Waals surface area contributed by atoms with Crippen molar-refractivity contribution in [3.05, 3.63) is 76.9 Å². The molecule has 0 fully saturated rings. The quantitative estimate of drug-likeness (QED) is 0.913. The zero-order chi connectivity index (χ0) is 16.5. The van der Waals surface area contributed by atoms with Crippen LogP contribution >= 0.6 is 0 Å². The Labute approximate surface area is 136 Å². The number of carbonyl (C=O) groups excluding carboxylic acids is 1. The number of hydrogen-bond acceptors (Lipinski definition) is 3. The van der Waals surface area contributed by atoms with Crippen LogP contribution in [0.2, 0.25) is 0 Å². The zero-order valence-corrected chi connectivity index (χ0v) is 13.0. The van der Waals surface area contributed by atoms with Gasteiger partial charge < -0.3 is 10.1 Å². The first-order chi connectivity index (χ1) is 11.2. The van der Waals surface area contributed by atoms with Gasteiger partial charge in [-0.3, -0.25) is 0 Å². The first kappa shape index (κ1) is 16.3. The van der Waals surface area contributed by atoms with Crippen LogP contribution in [0.5, 0.6) is 0 Å². The van der Waals surface area contributed by atoms with Crippen molar-refractivity contribution in [3.63, 3.8) is 0 Å². The summed E-state index contributed by atoms with van der Waals surface area (Å²) in [5, 5.41) is 11.5. The van der Waals surface area contributed by atoms with Crippen LogP contribution in [0.3, 0.4) is 0 Å². The van der Waals surface area contributed by atoms with Gasteiger partial charge in [-0.15, -0.1) is 0 Å². The molecule has 2 aromatic rings. The van der Waals surface area contributed by atoms with E-state index in [0.717, 1.165) is 16.7 Å². The third-order valence-corrected chi connectivity index (χ3v) is 3.27. The molecule has 0 aromatic heterocycles. The summed E-state index contributed by atoms with van der Waals surface area (Å²) in [5.41, 5.74) is 3.63. The Kier molecular flexibility index (Phi) is 5.96. The van der Waals surface area contributed by atoms with Crippen molar-refractivity contribution in [2.75, 3.05) is 6.54 Å². The molecule has 0 heterocycles. The van der Waals surface area contributed by atoms with Crippen LogP contribution in [-0.4, -0.2) is 12.6 Å². The summed E-state index contributed by atoms with van der Waals surface area (Å²) in [4.78, 5) is 11.6. The van der Waals surface area contributed by atoms with Gasteiger partial charge in [-0.2, -0.15) is 5.26 Å². The number of rotatable bonds is 5. The Morgan fingerprint density at radius 1 is 1.26 bits per heavy atom. The summed E-state index contributed by atoms with van der Waals surface area (Å²) >= 11 is 0. The van der Waals surface area contributed by atoms with Gasteiger partial charge in [-0.25, -0.2) is 4.79 Å². The van der Waals surface area contributed by atoms with Gasteiger partial charge in [-0.1, -0.05) is 48.6 Å². The molecule has 116 valence electrons. The van der Waals surface area contributed by atoms with Crippen LogP contribution < -0.4 is 5.32 Å². The van der Waals surface area contributed by atoms with Crippen molar-refractivity contribution in [2.45, 2.75) is 13.5 Å². The van der Waals surface area contributed by atoms with E-state index in [2.05, 4.69) is 11.4 Å². The monoisotopic (exact) mass is 306 g/mol. The van der Waals surface area contributed by atoms with Crippen molar-refractivity contribution >= 4 is 12.2 Å². The SMILES string of the molecule is Cc1cc(C#N)ccc1C=CCNC(=O)OCc1ccccc1. The van der Waals surface area contributed by atoms with Gasteiger partial charge in [0.2, 0.25) is 0 Å². The topological polar surface area (TPSA) is 62.1 Å². The van der Waals surface area contributed by atoms with E-state index in [-0.39, 0.29) is 6.61 Å². The lowest BCUT2D eigenvalue weighted by Gasteiger charge is -2.05. The van der Waals surface area contributed by atoms with Gasteiger partial charge in [0.25, 0.3) is 0 Å². The summed E-state index contributed by atoms with van der Waals surface area (Å²) in [6.45, 7) is 2.58. The third kappa shape index (κ3) is 5.33. The summed E-state index contributed by atoms with van der Waals surface area (Å²) in [7, 11) is 0. The van der Waals surface area contributed by atoms with E-state index in [1.165, 1.54) is 0 Å². The second kappa shape index (κ2) is 8.40. The minimum absolute atomic E-state index is 0.255. The van der Waals surface area contributed by atoms with Crippen molar-refractivity contribution in [1.29, 1.82) is 5.26 Å². The predicted octanol–water partition coefficient (Wildman–Crippen LogP) is 3.81. The van der Waals surface area contributed by atoms with Crippen LogP contribution in [-0.2, 0) is 11.3 Å². The smallest absolute Gasteiger partial charge is 0.407 e. The molecule has 0 saturated heterocycles. The summed E-state index contributed by atoms with van der Waals surface area (Å²) in [5.74, 6) is 0. The molecule has 2 aromatic carbocycles. The average Bonchev–Trinajstić information content (AvgIpc) is 2.58. The molecule has 0 spiro atoms. The van der Waals surface area contributed by atoms with E-state index in [1.54, 1.807) is 6.07 Å². The van der Waals surface area contributed by atoms with E-state index in [9.17, 15) is 4.79 Å². The fourth-order valence-corrected chi connectivity index (χ4v) is 2.03. The maximum Gasteiger partial charge on any atom is 0.407 e. The second-order valence-electron chi connectivity index (χ2n) is 5.03. The van der Waals surface area contributed by atoms with E-state index in [4.69, 9.17) is 10.00 Å². The molecule has 0 radical (unpaired) electrons. The lowest BCUT2D eigenvalue weighted by molar-refractivity contribution is 0.141. The van der Waals surface area contributed by atoms with Gasteiger partial charge >= 0.3 is 6.09 Å². The molecule has 0 bridgehead atoms. The van der Waals surface area contributed by atoms with Crippen LogP contribution in [0.25, 0.3) is 6.08 Å². The number of nitrogens with zero attached hydrogens (tertiary/aromatic N) is 1. The van der Waals surface area contributed by atoms with E-state index >= 15 is 0 Å². The molecule has 23 heavy (non-hydrogen) atoms. The minimum Gasteiger partial charge on any atom is -0.445 e. The van der Waals surface area contributed by atoms with Crippen molar-refractivity contribution in [1.82, 2.24) is 5.32 Å². The van der Waals surface area contributed by atoms with Gasteiger partial charge in [-0.05, 0) is 35.7 Å². The lowest BCUT2D eigenvalue weighted by atomic mass is 10.1. The van der Waals surface area contributed by atoms with Crippen LogP contribution in [0, 0.1) is 18.3 Å². The molecule has 4 nitrogen and oxygen atoms in total. The van der Waals surface area contributed by atoms with E-state index in [1.807, 2.05) is 61.5 Å². The Hall–Kier alpha value is -3.06. The number of alkyl carbamates (subject to hydrolysis) is 1. The molecule has 0 aliphatic heterocycles. The first-order valence-corrected chi connectivity index (χ1v) is 7.31. The zero-order valence-electron chi connectivity index (χ0n) is 13.0. The van der Waals surface area contributed by atoms with Crippen molar-refractivity contribution in [2.24, 2.45) is 0 Å². The second-order valence-corrected chi connectivity index (χ2v) is 5.03.